The molecule has 0 radical (unpaired) electrons. The molecule has 5 nitrogen and oxygen atoms in total. The Balaban J connectivity index is 1.63. The van der Waals surface area contributed by atoms with Crippen molar-refractivity contribution in [3.05, 3.63) is 82.9 Å². The van der Waals surface area contributed by atoms with Gasteiger partial charge in [-0.15, -0.1) is 0 Å². The molecule has 0 atom stereocenters. The third-order valence-corrected chi connectivity index (χ3v) is 5.94. The molecule has 0 bridgehead atoms. The van der Waals surface area contributed by atoms with E-state index in [-0.39, 0.29) is 24.9 Å². The van der Waals surface area contributed by atoms with Crippen molar-refractivity contribution in [1.82, 2.24) is 9.97 Å². The largest absolute Gasteiger partial charge is 0.484 e. The minimum Gasteiger partial charge on any atom is -0.484 e. The number of hydrogen-bond donors (Lipinski definition) is 0. The van der Waals surface area contributed by atoms with E-state index in [9.17, 15) is 9.18 Å². The average molecular weight is 442 g/mol. The lowest BCUT2D eigenvalue weighted by Gasteiger charge is -2.19. The van der Waals surface area contributed by atoms with E-state index >= 15 is 0 Å². The number of halogens is 2. The molecule has 0 spiro atoms. The Kier molecular flexibility index (Phi) is 5.92. The molecule has 4 rings (SSSR count). The van der Waals surface area contributed by atoms with Gasteiger partial charge in [0.2, 0.25) is 0 Å². The molecule has 2 heterocycles. The van der Waals surface area contributed by atoms with Crippen molar-refractivity contribution in [3.8, 4) is 5.75 Å². The monoisotopic (exact) mass is 441 g/mol. The summed E-state index contributed by atoms with van der Waals surface area (Å²) in [5.41, 5.74) is 2.35. The van der Waals surface area contributed by atoms with Crippen LogP contribution in [0.5, 0.6) is 5.75 Å². The summed E-state index contributed by atoms with van der Waals surface area (Å²) in [6.07, 6.45) is 1.68. The van der Waals surface area contributed by atoms with Gasteiger partial charge in [-0.25, -0.2) is 9.37 Å². The van der Waals surface area contributed by atoms with Crippen LogP contribution in [0.2, 0.25) is 5.02 Å². The molecule has 0 unspecified atom stereocenters. The molecular formula is C22H17ClFN3O2S. The number of fused-ring (bicyclic) bond motifs is 1. The fourth-order valence-corrected chi connectivity index (χ4v) is 4.07. The van der Waals surface area contributed by atoms with Gasteiger partial charge in [-0.2, -0.15) is 0 Å². The van der Waals surface area contributed by atoms with Crippen LogP contribution in [0.1, 0.15) is 11.3 Å². The van der Waals surface area contributed by atoms with Gasteiger partial charge in [-0.05, 0) is 61.0 Å². The zero-order valence-corrected chi connectivity index (χ0v) is 17.6. The van der Waals surface area contributed by atoms with Crippen molar-refractivity contribution < 1.29 is 13.9 Å². The van der Waals surface area contributed by atoms with E-state index < -0.39 is 0 Å². The van der Waals surface area contributed by atoms with Gasteiger partial charge in [0.1, 0.15) is 11.6 Å². The summed E-state index contributed by atoms with van der Waals surface area (Å²) in [7, 11) is 0. The molecule has 1 amide bonds. The van der Waals surface area contributed by atoms with Crippen LogP contribution in [0.3, 0.4) is 0 Å². The molecule has 2 aromatic carbocycles. The molecular weight excluding hydrogens is 425 g/mol. The summed E-state index contributed by atoms with van der Waals surface area (Å²) in [6.45, 7) is 1.93. The first-order chi connectivity index (χ1) is 14.5. The van der Waals surface area contributed by atoms with Crippen LogP contribution in [-0.2, 0) is 11.3 Å². The number of carbonyl (C=O) groups is 1. The predicted octanol–water partition coefficient (Wildman–Crippen LogP) is 5.40. The number of thiazole rings is 1. The SMILES string of the molecule is Cc1c(Cl)ccc2sc(N(Cc3ccccn3)C(=O)COc3ccc(F)cc3)nc12. The molecule has 0 aliphatic rings. The first-order valence-corrected chi connectivity index (χ1v) is 10.3. The lowest BCUT2D eigenvalue weighted by atomic mass is 10.2. The highest BCUT2D eigenvalue weighted by atomic mass is 35.5. The van der Waals surface area contributed by atoms with Crippen molar-refractivity contribution in [2.45, 2.75) is 13.5 Å². The summed E-state index contributed by atoms with van der Waals surface area (Å²) in [5, 5.41) is 1.16. The van der Waals surface area contributed by atoms with Gasteiger partial charge in [0.15, 0.2) is 11.7 Å². The average Bonchev–Trinajstić information content (AvgIpc) is 3.19. The first-order valence-electron chi connectivity index (χ1n) is 9.15. The van der Waals surface area contributed by atoms with E-state index in [1.165, 1.54) is 35.6 Å². The van der Waals surface area contributed by atoms with Crippen LogP contribution in [0.15, 0.2) is 60.8 Å². The number of nitrogens with zero attached hydrogens (tertiary/aromatic N) is 3. The van der Waals surface area contributed by atoms with Gasteiger partial charge >= 0.3 is 0 Å². The summed E-state index contributed by atoms with van der Waals surface area (Å²) in [6, 6.07) is 14.8. The number of pyridine rings is 1. The van der Waals surface area contributed by atoms with E-state index in [0.717, 1.165) is 21.5 Å². The van der Waals surface area contributed by atoms with Crippen LogP contribution in [0.4, 0.5) is 9.52 Å². The topological polar surface area (TPSA) is 55.3 Å². The molecule has 30 heavy (non-hydrogen) atoms. The van der Waals surface area contributed by atoms with Crippen LogP contribution >= 0.6 is 22.9 Å². The first kappa shape index (κ1) is 20.3. The van der Waals surface area contributed by atoms with Crippen molar-refractivity contribution in [2.24, 2.45) is 0 Å². The normalized spacial score (nSPS) is 10.9. The zero-order valence-electron chi connectivity index (χ0n) is 16.0. The van der Waals surface area contributed by atoms with Crippen LogP contribution in [0.25, 0.3) is 10.2 Å². The molecule has 0 aliphatic carbocycles. The summed E-state index contributed by atoms with van der Waals surface area (Å²) >= 11 is 7.63. The van der Waals surface area contributed by atoms with Crippen molar-refractivity contribution in [3.63, 3.8) is 0 Å². The van der Waals surface area contributed by atoms with Gasteiger partial charge in [-0.3, -0.25) is 14.7 Å². The summed E-state index contributed by atoms with van der Waals surface area (Å²) in [5.74, 6) is -0.240. The number of hydrogen-bond acceptors (Lipinski definition) is 5. The van der Waals surface area contributed by atoms with Crippen molar-refractivity contribution in [1.29, 1.82) is 0 Å². The van der Waals surface area contributed by atoms with Gasteiger partial charge in [0.05, 0.1) is 22.5 Å². The number of anilines is 1. The minimum atomic E-state index is -0.367. The molecule has 152 valence electrons. The van der Waals surface area contributed by atoms with Crippen LogP contribution < -0.4 is 9.64 Å². The Labute approximate surface area is 181 Å². The molecule has 0 fully saturated rings. The van der Waals surface area contributed by atoms with Gasteiger partial charge in [0, 0.05) is 11.2 Å². The van der Waals surface area contributed by atoms with E-state index in [1.807, 2.05) is 37.3 Å². The lowest BCUT2D eigenvalue weighted by Crippen LogP contribution is -2.34. The van der Waals surface area contributed by atoms with Crippen molar-refractivity contribution >= 4 is 44.2 Å². The van der Waals surface area contributed by atoms with Gasteiger partial charge < -0.3 is 4.74 Å². The fraction of sp³-hybridized carbons (Fsp3) is 0.136. The smallest absolute Gasteiger partial charge is 0.267 e. The van der Waals surface area contributed by atoms with E-state index in [1.54, 1.807) is 11.1 Å². The third kappa shape index (κ3) is 4.42. The molecule has 0 N–H and O–H groups in total. The third-order valence-electron chi connectivity index (χ3n) is 4.49. The maximum atomic E-state index is 13.1. The van der Waals surface area contributed by atoms with Crippen LogP contribution in [0, 0.1) is 12.7 Å². The van der Waals surface area contributed by atoms with E-state index in [4.69, 9.17) is 16.3 Å². The Morgan fingerprint density at radius 1 is 1.17 bits per heavy atom. The maximum absolute atomic E-state index is 13.1. The van der Waals surface area contributed by atoms with Gasteiger partial charge in [0.25, 0.3) is 5.91 Å². The highest BCUT2D eigenvalue weighted by molar-refractivity contribution is 7.22. The maximum Gasteiger partial charge on any atom is 0.267 e. The molecule has 0 aliphatic heterocycles. The quantitative estimate of drug-likeness (QED) is 0.401. The second-order valence-corrected chi connectivity index (χ2v) is 7.98. The minimum absolute atomic E-state index is 0.214. The number of ether oxygens (including phenoxy) is 1. The Morgan fingerprint density at radius 2 is 1.97 bits per heavy atom. The number of aromatic nitrogens is 2. The van der Waals surface area contributed by atoms with E-state index in [0.29, 0.717) is 15.9 Å². The molecule has 8 heteroatoms. The summed E-state index contributed by atoms with van der Waals surface area (Å²) in [4.78, 5) is 23.6. The predicted molar refractivity (Wildman–Crippen MR) is 117 cm³/mol. The second kappa shape index (κ2) is 8.77. The Hall–Kier alpha value is -3.03. The Bertz CT molecular complexity index is 1180. The zero-order chi connectivity index (χ0) is 21.1. The molecule has 0 saturated heterocycles. The highest BCUT2D eigenvalue weighted by Gasteiger charge is 2.22. The lowest BCUT2D eigenvalue weighted by molar-refractivity contribution is -0.120. The number of amides is 1. The van der Waals surface area contributed by atoms with Crippen molar-refractivity contribution in [2.75, 3.05) is 11.5 Å². The second-order valence-electron chi connectivity index (χ2n) is 6.56. The van der Waals surface area contributed by atoms with E-state index in [2.05, 4.69) is 9.97 Å². The molecule has 0 saturated carbocycles. The molecule has 2 aromatic heterocycles. The summed E-state index contributed by atoms with van der Waals surface area (Å²) < 4.78 is 19.6. The standard InChI is InChI=1S/C22H17ClFN3O2S/c1-14-18(23)9-10-19-21(14)26-22(30-19)27(12-16-4-2-3-11-25-16)20(28)13-29-17-7-5-15(24)6-8-17/h2-11H,12-13H2,1H3. The molecule has 4 aromatic rings. The van der Waals surface area contributed by atoms with Gasteiger partial charge in [-0.1, -0.05) is 29.0 Å². The Morgan fingerprint density at radius 3 is 2.70 bits per heavy atom. The number of rotatable bonds is 6. The fourth-order valence-electron chi connectivity index (χ4n) is 2.87. The number of aryl methyl sites for hydroxylation is 1. The van der Waals surface area contributed by atoms with Crippen LogP contribution in [-0.4, -0.2) is 22.5 Å². The number of carbonyl (C=O) groups excluding carboxylic acids is 1. The number of benzene rings is 2. The highest BCUT2D eigenvalue weighted by Crippen LogP contribution is 2.34.